The molecular weight excluding hydrogens is 234 g/mol. The third-order valence-corrected chi connectivity index (χ3v) is 4.24. The van der Waals surface area contributed by atoms with Gasteiger partial charge in [0.05, 0.1) is 6.10 Å². The molecule has 106 valence electrons. The highest BCUT2D eigenvalue weighted by molar-refractivity contribution is 5.31. The van der Waals surface area contributed by atoms with E-state index in [1.807, 2.05) is 0 Å². The average molecular weight is 261 g/mol. The SMILES string of the molecule is Cc1ccc(C(O)CCN2CCCC(C)C2)c(C)c1. The molecule has 2 atom stereocenters. The summed E-state index contributed by atoms with van der Waals surface area (Å²) in [6.07, 6.45) is 3.19. The summed E-state index contributed by atoms with van der Waals surface area (Å²) in [7, 11) is 0. The van der Waals surface area contributed by atoms with Crippen LogP contribution < -0.4 is 0 Å². The van der Waals surface area contributed by atoms with Gasteiger partial charge >= 0.3 is 0 Å². The molecule has 2 nitrogen and oxygen atoms in total. The highest BCUT2D eigenvalue weighted by Crippen LogP contribution is 2.23. The molecule has 1 heterocycles. The number of aryl methyl sites for hydroxylation is 2. The van der Waals surface area contributed by atoms with Crippen molar-refractivity contribution in [3.63, 3.8) is 0 Å². The molecule has 1 saturated heterocycles. The van der Waals surface area contributed by atoms with Crippen LogP contribution in [0.3, 0.4) is 0 Å². The maximum absolute atomic E-state index is 10.4. The first-order chi connectivity index (χ1) is 9.06. The van der Waals surface area contributed by atoms with Crippen molar-refractivity contribution in [2.75, 3.05) is 19.6 Å². The standard InChI is InChI=1S/C17H27NO/c1-13-6-7-16(15(3)11-13)17(19)8-10-18-9-4-5-14(2)12-18/h6-7,11,14,17,19H,4-5,8-10,12H2,1-3H3. The van der Waals surface area contributed by atoms with E-state index in [2.05, 4.69) is 43.9 Å². The highest BCUT2D eigenvalue weighted by Gasteiger charge is 2.18. The number of piperidine rings is 1. The average Bonchev–Trinajstić information content (AvgIpc) is 2.36. The second-order valence-corrected chi connectivity index (χ2v) is 6.21. The van der Waals surface area contributed by atoms with Crippen molar-refractivity contribution in [3.05, 3.63) is 34.9 Å². The Morgan fingerprint density at radius 1 is 1.37 bits per heavy atom. The van der Waals surface area contributed by atoms with E-state index >= 15 is 0 Å². The van der Waals surface area contributed by atoms with Gasteiger partial charge in [-0.15, -0.1) is 0 Å². The van der Waals surface area contributed by atoms with Crippen LogP contribution in [0.5, 0.6) is 0 Å². The number of benzene rings is 1. The lowest BCUT2D eigenvalue weighted by molar-refractivity contribution is 0.121. The van der Waals surface area contributed by atoms with Gasteiger partial charge < -0.3 is 10.0 Å². The van der Waals surface area contributed by atoms with E-state index < -0.39 is 0 Å². The maximum atomic E-state index is 10.4. The van der Waals surface area contributed by atoms with Crippen molar-refractivity contribution in [1.29, 1.82) is 0 Å². The van der Waals surface area contributed by atoms with E-state index in [0.29, 0.717) is 0 Å². The molecule has 0 aliphatic carbocycles. The summed E-state index contributed by atoms with van der Waals surface area (Å²) in [5.41, 5.74) is 3.56. The number of rotatable bonds is 4. The lowest BCUT2D eigenvalue weighted by Gasteiger charge is -2.31. The van der Waals surface area contributed by atoms with Crippen molar-refractivity contribution in [3.8, 4) is 0 Å². The third-order valence-electron chi connectivity index (χ3n) is 4.24. The molecule has 1 N–H and O–H groups in total. The van der Waals surface area contributed by atoms with Crippen LogP contribution in [0, 0.1) is 19.8 Å². The highest BCUT2D eigenvalue weighted by atomic mass is 16.3. The summed E-state index contributed by atoms with van der Waals surface area (Å²) in [5.74, 6) is 0.812. The number of aliphatic hydroxyl groups is 1. The molecule has 0 radical (unpaired) electrons. The number of nitrogens with zero attached hydrogens (tertiary/aromatic N) is 1. The van der Waals surface area contributed by atoms with Crippen LogP contribution in [0.1, 0.15) is 49.0 Å². The van der Waals surface area contributed by atoms with E-state index in [9.17, 15) is 5.11 Å². The molecule has 0 bridgehead atoms. The van der Waals surface area contributed by atoms with Crippen LogP contribution in [0.15, 0.2) is 18.2 Å². The van der Waals surface area contributed by atoms with Crippen LogP contribution in [-0.4, -0.2) is 29.6 Å². The summed E-state index contributed by atoms with van der Waals surface area (Å²) in [6.45, 7) is 9.92. The second-order valence-electron chi connectivity index (χ2n) is 6.21. The zero-order valence-corrected chi connectivity index (χ0v) is 12.5. The van der Waals surface area contributed by atoms with Crippen LogP contribution >= 0.6 is 0 Å². The number of likely N-dealkylation sites (tertiary alicyclic amines) is 1. The van der Waals surface area contributed by atoms with Gasteiger partial charge in [-0.2, -0.15) is 0 Å². The summed E-state index contributed by atoms with van der Waals surface area (Å²) < 4.78 is 0. The molecule has 0 amide bonds. The Hall–Kier alpha value is -0.860. The fourth-order valence-electron chi connectivity index (χ4n) is 3.15. The van der Waals surface area contributed by atoms with Gasteiger partial charge in [-0.25, -0.2) is 0 Å². The zero-order valence-electron chi connectivity index (χ0n) is 12.5. The fraction of sp³-hybridized carbons (Fsp3) is 0.647. The van der Waals surface area contributed by atoms with Gasteiger partial charge in [0.1, 0.15) is 0 Å². The van der Waals surface area contributed by atoms with Gasteiger partial charge in [-0.3, -0.25) is 0 Å². The van der Waals surface area contributed by atoms with E-state index in [1.165, 1.54) is 37.1 Å². The Labute approximate surface area is 117 Å². The quantitative estimate of drug-likeness (QED) is 0.897. The van der Waals surface area contributed by atoms with Crippen molar-refractivity contribution in [2.45, 2.75) is 46.1 Å². The molecule has 0 saturated carbocycles. The molecule has 1 aromatic rings. The minimum atomic E-state index is -0.321. The van der Waals surface area contributed by atoms with Crippen LogP contribution in [0.2, 0.25) is 0 Å². The van der Waals surface area contributed by atoms with Crippen LogP contribution in [-0.2, 0) is 0 Å². The maximum Gasteiger partial charge on any atom is 0.0804 e. The first kappa shape index (κ1) is 14.5. The molecular formula is C17H27NO. The van der Waals surface area contributed by atoms with Gasteiger partial charge in [0.15, 0.2) is 0 Å². The van der Waals surface area contributed by atoms with Crippen molar-refractivity contribution >= 4 is 0 Å². The van der Waals surface area contributed by atoms with E-state index in [0.717, 1.165) is 24.4 Å². The minimum Gasteiger partial charge on any atom is -0.388 e. The second kappa shape index (κ2) is 6.53. The van der Waals surface area contributed by atoms with Gasteiger partial charge in [-0.1, -0.05) is 30.7 Å². The topological polar surface area (TPSA) is 23.5 Å². The molecule has 1 aliphatic heterocycles. The van der Waals surface area contributed by atoms with Crippen molar-refractivity contribution < 1.29 is 5.11 Å². The molecule has 2 unspecified atom stereocenters. The smallest absolute Gasteiger partial charge is 0.0804 e. The Morgan fingerprint density at radius 3 is 2.84 bits per heavy atom. The normalized spacial score (nSPS) is 22.4. The number of aliphatic hydroxyl groups excluding tert-OH is 1. The van der Waals surface area contributed by atoms with Crippen molar-refractivity contribution in [1.82, 2.24) is 4.90 Å². The Morgan fingerprint density at radius 2 is 2.16 bits per heavy atom. The molecule has 0 spiro atoms. The van der Waals surface area contributed by atoms with E-state index in [-0.39, 0.29) is 6.10 Å². The zero-order chi connectivity index (χ0) is 13.8. The van der Waals surface area contributed by atoms with Gasteiger partial charge in [-0.05, 0) is 56.7 Å². The molecule has 19 heavy (non-hydrogen) atoms. The first-order valence-electron chi connectivity index (χ1n) is 7.54. The molecule has 2 heteroatoms. The van der Waals surface area contributed by atoms with Crippen LogP contribution in [0.25, 0.3) is 0 Å². The molecule has 1 aliphatic rings. The summed E-state index contributed by atoms with van der Waals surface area (Å²) in [6, 6.07) is 6.32. The summed E-state index contributed by atoms with van der Waals surface area (Å²) in [4.78, 5) is 2.50. The molecule has 1 fully saturated rings. The third kappa shape index (κ3) is 4.05. The van der Waals surface area contributed by atoms with E-state index in [1.54, 1.807) is 0 Å². The Bertz CT molecular complexity index is 416. The van der Waals surface area contributed by atoms with E-state index in [4.69, 9.17) is 0 Å². The minimum absolute atomic E-state index is 0.321. The monoisotopic (exact) mass is 261 g/mol. The number of hydrogen-bond donors (Lipinski definition) is 1. The summed E-state index contributed by atoms with van der Waals surface area (Å²) >= 11 is 0. The van der Waals surface area contributed by atoms with Gasteiger partial charge in [0, 0.05) is 13.1 Å². The largest absolute Gasteiger partial charge is 0.388 e. The predicted molar refractivity (Wildman–Crippen MR) is 80.3 cm³/mol. The predicted octanol–water partition coefficient (Wildman–Crippen LogP) is 3.46. The van der Waals surface area contributed by atoms with Gasteiger partial charge in [0.25, 0.3) is 0 Å². The first-order valence-corrected chi connectivity index (χ1v) is 7.54. The summed E-state index contributed by atoms with van der Waals surface area (Å²) in [5, 5.41) is 10.4. The molecule has 1 aromatic carbocycles. The Kier molecular flexibility index (Phi) is 5.00. The lowest BCUT2D eigenvalue weighted by atomic mass is 9.97. The Balaban J connectivity index is 1.88. The van der Waals surface area contributed by atoms with Crippen LogP contribution in [0.4, 0.5) is 0 Å². The molecule has 0 aromatic heterocycles. The number of hydrogen-bond acceptors (Lipinski definition) is 2. The van der Waals surface area contributed by atoms with Crippen molar-refractivity contribution in [2.24, 2.45) is 5.92 Å². The fourth-order valence-corrected chi connectivity index (χ4v) is 3.15. The lowest BCUT2D eigenvalue weighted by Crippen LogP contribution is -2.35. The molecule has 2 rings (SSSR count). The van der Waals surface area contributed by atoms with Gasteiger partial charge in [0.2, 0.25) is 0 Å².